The Morgan fingerprint density at radius 2 is 0.927 bits per heavy atom. The summed E-state index contributed by atoms with van der Waals surface area (Å²) in [6.45, 7) is 4.59. The van der Waals surface area contributed by atoms with E-state index >= 15 is 0 Å². The van der Waals surface area contributed by atoms with Gasteiger partial charge in [-0.05, 0) is 49.9 Å². The van der Waals surface area contributed by atoms with Crippen LogP contribution in [0.1, 0.15) is 152 Å². The number of hydrogen-bond donors (Lipinski definition) is 0. The van der Waals surface area contributed by atoms with Gasteiger partial charge >= 0.3 is 0 Å². The summed E-state index contributed by atoms with van der Waals surface area (Å²) in [7, 11) is 3.87. The van der Waals surface area contributed by atoms with Crippen LogP contribution < -0.4 is 11.0 Å². The van der Waals surface area contributed by atoms with Crippen LogP contribution in [0.5, 0.6) is 0 Å². The normalized spacial score (nSPS) is 13.5. The average Bonchev–Trinajstić information content (AvgIpc) is 4.01. The van der Waals surface area contributed by atoms with Crippen LogP contribution in [-0.2, 0) is 12.8 Å². The Kier molecular flexibility index (Phi) is 12.7. The molecule has 0 atom stereocenters. The molecule has 0 saturated heterocycles. The van der Waals surface area contributed by atoms with Gasteiger partial charge in [0, 0.05) is 45.4 Å². The molecule has 0 unspecified atom stereocenters. The molecule has 6 nitrogen and oxygen atoms in total. The molecule has 0 saturated carbocycles. The number of rotatable bonds is 22. The van der Waals surface area contributed by atoms with Gasteiger partial charge in [-0.2, -0.15) is 0 Å². The maximum absolute atomic E-state index is 5.35. The van der Waals surface area contributed by atoms with Gasteiger partial charge in [0.05, 0.1) is 20.4 Å². The molecule has 7 heterocycles. The van der Waals surface area contributed by atoms with Gasteiger partial charge in [0.2, 0.25) is 0 Å². The van der Waals surface area contributed by atoms with Gasteiger partial charge in [0.1, 0.15) is 20.8 Å². The molecule has 292 valence electrons. The number of pyridine rings is 2. The van der Waals surface area contributed by atoms with Crippen molar-refractivity contribution in [3.8, 4) is 0 Å². The van der Waals surface area contributed by atoms with Crippen molar-refractivity contribution in [3.05, 3.63) is 45.0 Å². The predicted octanol–water partition coefficient (Wildman–Crippen LogP) is 13.8. The van der Waals surface area contributed by atoms with Gasteiger partial charge in [-0.1, -0.05) is 129 Å². The fourth-order valence-electron chi connectivity index (χ4n) is 9.03. The van der Waals surface area contributed by atoms with E-state index in [0.29, 0.717) is 0 Å². The van der Waals surface area contributed by atoms with E-state index < -0.39 is 0 Å². The number of aryl methyl sites for hydroxylation is 2. The van der Waals surface area contributed by atoms with Crippen molar-refractivity contribution < 1.29 is 0 Å². The topological polar surface area (TPSA) is 59.3 Å². The van der Waals surface area contributed by atoms with Gasteiger partial charge < -0.3 is 0 Å². The van der Waals surface area contributed by atoms with Crippen LogP contribution in [0.25, 0.3) is 62.9 Å². The predicted molar refractivity (Wildman–Crippen MR) is 242 cm³/mol. The molecule has 9 heteroatoms. The highest BCUT2D eigenvalue weighted by atomic mass is 32.1. The largest absolute Gasteiger partial charge is 0.274 e. The summed E-state index contributed by atoms with van der Waals surface area (Å²) in [5.74, 6) is 0. The van der Waals surface area contributed by atoms with Crippen molar-refractivity contribution in [2.45, 2.75) is 155 Å². The minimum absolute atomic E-state index is 0.991. The molecule has 0 N–H and O–H groups in total. The maximum Gasteiger partial charge on any atom is 0.158 e. The Hall–Kier alpha value is -3.14. The second-order valence-corrected chi connectivity index (χ2v) is 19.2. The molecule has 8 rings (SSSR count). The lowest BCUT2D eigenvalue weighted by Crippen LogP contribution is -2.15. The lowest BCUT2D eigenvalue weighted by Gasteiger charge is -2.07. The summed E-state index contributed by atoms with van der Waals surface area (Å²) in [4.78, 5) is 25.7. The fraction of sp³-hybridized carbons (Fsp3) is 0.565. The SMILES string of the molecule is CCCCCCCCCCCCc1cc2c(nc3c4ccc5c(=NC)n6c7cc(CCCCCCCCCCCC)sc7nc6c6sc(c(=NC)n23)c4c56)s1. The Morgan fingerprint density at radius 3 is 1.44 bits per heavy atom. The highest BCUT2D eigenvalue weighted by molar-refractivity contribution is 7.27. The number of hydrogen-bond acceptors (Lipinski definition) is 7. The van der Waals surface area contributed by atoms with Gasteiger partial charge in [0.25, 0.3) is 0 Å². The number of fused-ring (bicyclic) bond motifs is 8. The van der Waals surface area contributed by atoms with Crippen LogP contribution in [0.15, 0.2) is 34.3 Å². The van der Waals surface area contributed by atoms with E-state index in [1.807, 2.05) is 48.1 Å². The quantitative estimate of drug-likeness (QED) is 0.0507. The van der Waals surface area contributed by atoms with Gasteiger partial charge in [-0.15, -0.1) is 34.0 Å². The van der Waals surface area contributed by atoms with E-state index in [1.54, 1.807) is 0 Å². The maximum atomic E-state index is 5.35. The van der Waals surface area contributed by atoms with Gasteiger partial charge in [-0.3, -0.25) is 18.8 Å². The fourth-order valence-corrected chi connectivity index (χ4v) is 12.5. The van der Waals surface area contributed by atoms with Crippen LogP contribution in [0.4, 0.5) is 0 Å². The Balaban J connectivity index is 1.04. The third-order valence-corrected chi connectivity index (χ3v) is 15.3. The first-order chi connectivity index (χ1) is 27.2. The summed E-state index contributed by atoms with van der Waals surface area (Å²) in [6, 6.07) is 9.36. The van der Waals surface area contributed by atoms with Crippen molar-refractivity contribution in [2.24, 2.45) is 9.98 Å². The van der Waals surface area contributed by atoms with Gasteiger partial charge in [-0.25, -0.2) is 9.97 Å². The summed E-state index contributed by atoms with van der Waals surface area (Å²) in [5.41, 5.74) is 6.42. The van der Waals surface area contributed by atoms with Crippen molar-refractivity contribution in [2.75, 3.05) is 14.1 Å². The monoisotopic (exact) mass is 792 g/mol. The summed E-state index contributed by atoms with van der Waals surface area (Å²) >= 11 is 5.59. The van der Waals surface area contributed by atoms with Crippen LogP contribution >= 0.6 is 34.0 Å². The first-order valence-corrected chi connectivity index (χ1v) is 24.2. The number of nitrogens with zero attached hydrogens (tertiary/aromatic N) is 6. The lowest BCUT2D eigenvalue weighted by atomic mass is 10.0. The molecule has 0 aliphatic heterocycles. The van der Waals surface area contributed by atoms with E-state index in [9.17, 15) is 0 Å². The molecule has 7 aromatic heterocycles. The number of aromatic nitrogens is 4. The molecule has 0 fully saturated rings. The van der Waals surface area contributed by atoms with Crippen molar-refractivity contribution in [3.63, 3.8) is 0 Å². The third kappa shape index (κ3) is 7.66. The molecule has 0 amide bonds. The van der Waals surface area contributed by atoms with Crippen molar-refractivity contribution in [1.82, 2.24) is 18.8 Å². The molecule has 0 spiro atoms. The van der Waals surface area contributed by atoms with Crippen LogP contribution in [0, 0.1) is 0 Å². The van der Waals surface area contributed by atoms with Crippen molar-refractivity contribution in [1.29, 1.82) is 0 Å². The van der Waals surface area contributed by atoms with E-state index in [1.165, 1.54) is 180 Å². The minimum Gasteiger partial charge on any atom is -0.274 e. The van der Waals surface area contributed by atoms with E-state index in [2.05, 4.69) is 46.9 Å². The average molecular weight is 793 g/mol. The molecule has 0 bridgehead atoms. The molecular weight excluding hydrogens is 733 g/mol. The smallest absolute Gasteiger partial charge is 0.158 e. The number of thiophene rings is 3. The zero-order valence-electron chi connectivity index (χ0n) is 33.8. The highest BCUT2D eigenvalue weighted by Crippen LogP contribution is 2.43. The summed E-state index contributed by atoms with van der Waals surface area (Å²) in [5, 5.41) is 4.90. The molecule has 1 aromatic carbocycles. The van der Waals surface area contributed by atoms with Crippen molar-refractivity contribution >= 4 is 96.9 Å². The van der Waals surface area contributed by atoms with Crippen LogP contribution in [0.3, 0.4) is 0 Å². The second-order valence-electron chi connectivity index (χ2n) is 16.0. The Bertz CT molecular complexity index is 2630. The van der Waals surface area contributed by atoms with Gasteiger partial charge in [0.15, 0.2) is 11.1 Å². The molecule has 0 aliphatic carbocycles. The zero-order chi connectivity index (χ0) is 37.7. The number of benzene rings is 1. The minimum atomic E-state index is 0.991. The first-order valence-electron chi connectivity index (χ1n) is 21.7. The molecule has 55 heavy (non-hydrogen) atoms. The summed E-state index contributed by atoms with van der Waals surface area (Å²) < 4.78 is 7.11. The molecule has 0 radical (unpaired) electrons. The van der Waals surface area contributed by atoms with Crippen LogP contribution in [-0.4, -0.2) is 32.9 Å². The number of imidazole rings is 2. The van der Waals surface area contributed by atoms with Crippen LogP contribution in [0.2, 0.25) is 0 Å². The standard InChI is InChI=1S/C46H60N6S3/c1-5-7-9-11-13-15-17-19-21-23-25-31-29-35-46(54-31)50-44-40-37-33(41(47-3)51(35)44)27-28-34-38(37)39(55-40)43(48-4)52-36-30-32(53-45(36)49-42(34)52)26-24-22-20-18-16-14-12-10-8-6-2/h27-30H,5-26H2,1-4H3. The third-order valence-electron chi connectivity index (χ3n) is 12.0. The highest BCUT2D eigenvalue weighted by Gasteiger charge is 2.25. The molecular formula is C46H60N6S3. The summed E-state index contributed by atoms with van der Waals surface area (Å²) in [6.07, 6.45) is 29.6. The van der Waals surface area contributed by atoms with E-state index in [4.69, 9.17) is 20.0 Å². The molecule has 8 aromatic rings. The molecule has 0 aliphatic rings. The Labute approximate surface area is 338 Å². The number of unbranched alkanes of at least 4 members (excludes halogenated alkanes) is 18. The second kappa shape index (κ2) is 18.0. The zero-order valence-corrected chi connectivity index (χ0v) is 36.2. The lowest BCUT2D eigenvalue weighted by molar-refractivity contribution is 0.557. The van der Waals surface area contributed by atoms with E-state index in [-0.39, 0.29) is 0 Å². The first kappa shape index (κ1) is 38.7. The van der Waals surface area contributed by atoms with E-state index in [0.717, 1.165) is 44.8 Å². The Morgan fingerprint density at radius 1 is 0.491 bits per heavy atom.